The van der Waals surface area contributed by atoms with Crippen LogP contribution in [0.4, 0.5) is 5.69 Å². The molecule has 4 nitrogen and oxygen atoms in total. The number of aliphatic hydroxyl groups is 1. The van der Waals surface area contributed by atoms with E-state index >= 15 is 0 Å². The minimum absolute atomic E-state index is 0.0457. The third-order valence-corrected chi connectivity index (χ3v) is 3.04. The first-order valence-electron chi connectivity index (χ1n) is 6.22. The molecule has 0 radical (unpaired) electrons. The van der Waals surface area contributed by atoms with Crippen LogP contribution in [0.5, 0.6) is 0 Å². The highest BCUT2D eigenvalue weighted by Gasteiger charge is 2.09. The smallest absolute Gasteiger partial charge is 0.0701 e. The number of aryl methyl sites for hydroxylation is 1. The van der Waals surface area contributed by atoms with Gasteiger partial charge in [-0.3, -0.25) is 4.68 Å². The van der Waals surface area contributed by atoms with Crippen LogP contribution in [-0.2, 0) is 13.2 Å². The fourth-order valence-electron chi connectivity index (χ4n) is 1.89. The summed E-state index contributed by atoms with van der Waals surface area (Å²) in [5.41, 5.74) is 3.02. The van der Waals surface area contributed by atoms with Crippen LogP contribution in [-0.4, -0.2) is 14.9 Å². The molecule has 1 heterocycles. The molecule has 2 rings (SSSR count). The summed E-state index contributed by atoms with van der Waals surface area (Å²) in [6.45, 7) is 5.07. The monoisotopic (exact) mass is 245 g/mol. The molecule has 2 aromatic rings. The lowest BCUT2D eigenvalue weighted by molar-refractivity contribution is 0.282. The van der Waals surface area contributed by atoms with Crippen molar-refractivity contribution in [1.82, 2.24) is 9.78 Å². The van der Waals surface area contributed by atoms with E-state index in [0.29, 0.717) is 0 Å². The zero-order valence-corrected chi connectivity index (χ0v) is 10.8. The van der Waals surface area contributed by atoms with Crippen LogP contribution in [0.15, 0.2) is 36.7 Å². The average molecular weight is 245 g/mol. The highest BCUT2D eigenvalue weighted by Crippen LogP contribution is 2.22. The molecule has 0 bridgehead atoms. The maximum absolute atomic E-state index is 9.29. The normalized spacial score (nSPS) is 12.4. The van der Waals surface area contributed by atoms with E-state index in [2.05, 4.69) is 24.3 Å². The third-order valence-electron chi connectivity index (χ3n) is 3.04. The van der Waals surface area contributed by atoms with Gasteiger partial charge in [-0.1, -0.05) is 18.2 Å². The summed E-state index contributed by atoms with van der Waals surface area (Å²) in [5, 5.41) is 17.0. The van der Waals surface area contributed by atoms with Crippen LogP contribution in [0.25, 0.3) is 0 Å². The second-order valence-electron chi connectivity index (χ2n) is 4.31. The number of nitrogens with one attached hydrogen (secondary N) is 1. The van der Waals surface area contributed by atoms with Gasteiger partial charge < -0.3 is 10.4 Å². The van der Waals surface area contributed by atoms with Crippen molar-refractivity contribution in [2.75, 3.05) is 5.32 Å². The van der Waals surface area contributed by atoms with Gasteiger partial charge in [0, 0.05) is 29.6 Å². The summed E-state index contributed by atoms with van der Waals surface area (Å²) in [6.07, 6.45) is 3.92. The zero-order valence-electron chi connectivity index (χ0n) is 10.8. The van der Waals surface area contributed by atoms with Crippen molar-refractivity contribution >= 4 is 5.69 Å². The van der Waals surface area contributed by atoms with Crippen LogP contribution in [0.1, 0.15) is 31.0 Å². The van der Waals surface area contributed by atoms with Crippen molar-refractivity contribution in [2.24, 2.45) is 0 Å². The van der Waals surface area contributed by atoms with Gasteiger partial charge in [-0.2, -0.15) is 5.10 Å². The Hall–Kier alpha value is -1.81. The first-order valence-corrected chi connectivity index (χ1v) is 6.22. The van der Waals surface area contributed by atoms with E-state index < -0.39 is 0 Å². The standard InChI is InChI=1S/C14H19N3O/c1-3-17-9-13(8-15-17)11(2)16-14-7-5-4-6-12(14)10-18/h4-9,11,16,18H,3,10H2,1-2H3. The van der Waals surface area contributed by atoms with E-state index in [0.717, 1.165) is 23.4 Å². The quantitative estimate of drug-likeness (QED) is 0.851. The third kappa shape index (κ3) is 2.71. The lowest BCUT2D eigenvalue weighted by Crippen LogP contribution is -2.07. The van der Waals surface area contributed by atoms with Crippen LogP contribution in [0, 0.1) is 0 Å². The van der Waals surface area contributed by atoms with Gasteiger partial charge >= 0.3 is 0 Å². The highest BCUT2D eigenvalue weighted by atomic mass is 16.3. The van der Waals surface area contributed by atoms with Crippen molar-refractivity contribution in [1.29, 1.82) is 0 Å². The predicted octanol–water partition coefficient (Wildman–Crippen LogP) is 2.57. The summed E-state index contributed by atoms with van der Waals surface area (Å²) < 4.78 is 1.91. The van der Waals surface area contributed by atoms with E-state index in [9.17, 15) is 5.11 Å². The Morgan fingerprint density at radius 3 is 2.83 bits per heavy atom. The van der Waals surface area contributed by atoms with Crippen molar-refractivity contribution in [2.45, 2.75) is 33.0 Å². The molecule has 1 unspecified atom stereocenters. The molecule has 96 valence electrons. The first kappa shape index (κ1) is 12.6. The lowest BCUT2D eigenvalue weighted by atomic mass is 10.1. The molecule has 0 aliphatic heterocycles. The molecule has 0 fully saturated rings. The SMILES string of the molecule is CCn1cc(C(C)Nc2ccccc2CO)cn1. The van der Waals surface area contributed by atoms with E-state index in [4.69, 9.17) is 0 Å². The second-order valence-corrected chi connectivity index (χ2v) is 4.31. The number of para-hydroxylation sites is 1. The molecule has 0 spiro atoms. The molecule has 0 aliphatic rings. The van der Waals surface area contributed by atoms with Gasteiger partial charge in [0.1, 0.15) is 0 Å². The summed E-state index contributed by atoms with van der Waals surface area (Å²) in [5.74, 6) is 0. The Labute approximate surface area is 107 Å². The molecule has 18 heavy (non-hydrogen) atoms. The summed E-state index contributed by atoms with van der Waals surface area (Å²) in [7, 11) is 0. The molecular weight excluding hydrogens is 226 g/mol. The topological polar surface area (TPSA) is 50.1 Å². The fraction of sp³-hybridized carbons (Fsp3) is 0.357. The molecule has 1 atom stereocenters. The van der Waals surface area contributed by atoms with Crippen molar-refractivity contribution in [3.05, 3.63) is 47.8 Å². The van der Waals surface area contributed by atoms with Gasteiger partial charge in [-0.25, -0.2) is 0 Å². The van der Waals surface area contributed by atoms with E-state index in [-0.39, 0.29) is 12.6 Å². The van der Waals surface area contributed by atoms with Gasteiger partial charge in [0.15, 0.2) is 0 Å². The van der Waals surface area contributed by atoms with Crippen LogP contribution < -0.4 is 5.32 Å². The summed E-state index contributed by atoms with van der Waals surface area (Å²) >= 11 is 0. The van der Waals surface area contributed by atoms with Gasteiger partial charge in [0.25, 0.3) is 0 Å². The zero-order chi connectivity index (χ0) is 13.0. The van der Waals surface area contributed by atoms with E-state index in [1.54, 1.807) is 0 Å². The minimum Gasteiger partial charge on any atom is -0.392 e. The molecule has 0 amide bonds. The number of benzene rings is 1. The highest BCUT2D eigenvalue weighted by molar-refractivity contribution is 5.52. The predicted molar refractivity (Wildman–Crippen MR) is 72.3 cm³/mol. The molecule has 2 N–H and O–H groups in total. The molecule has 0 saturated heterocycles. The number of hydrogen-bond donors (Lipinski definition) is 2. The Kier molecular flexibility index (Phi) is 3.99. The van der Waals surface area contributed by atoms with Gasteiger partial charge in [-0.15, -0.1) is 0 Å². The molecular formula is C14H19N3O. The summed E-state index contributed by atoms with van der Waals surface area (Å²) in [4.78, 5) is 0. The first-order chi connectivity index (χ1) is 8.74. The minimum atomic E-state index is 0.0457. The van der Waals surface area contributed by atoms with Gasteiger partial charge in [0.05, 0.1) is 18.8 Å². The van der Waals surface area contributed by atoms with Crippen molar-refractivity contribution < 1.29 is 5.11 Å². The second kappa shape index (κ2) is 5.69. The van der Waals surface area contributed by atoms with Crippen LogP contribution in [0.2, 0.25) is 0 Å². The number of aliphatic hydroxyl groups excluding tert-OH is 1. The molecule has 0 aliphatic carbocycles. The molecule has 1 aromatic heterocycles. The molecule has 1 aromatic carbocycles. The van der Waals surface area contributed by atoms with Crippen LogP contribution in [0.3, 0.4) is 0 Å². The Bertz CT molecular complexity index is 507. The van der Waals surface area contributed by atoms with Crippen molar-refractivity contribution in [3.63, 3.8) is 0 Å². The fourth-order valence-corrected chi connectivity index (χ4v) is 1.89. The van der Waals surface area contributed by atoms with Gasteiger partial charge in [-0.05, 0) is 19.9 Å². The Morgan fingerprint density at radius 2 is 2.17 bits per heavy atom. The van der Waals surface area contributed by atoms with Crippen molar-refractivity contribution in [3.8, 4) is 0 Å². The van der Waals surface area contributed by atoms with Gasteiger partial charge in [0.2, 0.25) is 0 Å². The number of hydrogen-bond acceptors (Lipinski definition) is 3. The maximum Gasteiger partial charge on any atom is 0.0701 e. The number of aromatic nitrogens is 2. The molecule has 4 heteroatoms. The number of nitrogens with zero attached hydrogens (tertiary/aromatic N) is 2. The van der Waals surface area contributed by atoms with Crippen LogP contribution >= 0.6 is 0 Å². The largest absolute Gasteiger partial charge is 0.392 e. The Morgan fingerprint density at radius 1 is 1.39 bits per heavy atom. The lowest BCUT2D eigenvalue weighted by Gasteiger charge is -2.16. The number of anilines is 1. The average Bonchev–Trinajstić information content (AvgIpc) is 2.88. The van der Waals surface area contributed by atoms with E-state index in [1.165, 1.54) is 0 Å². The number of rotatable bonds is 5. The molecule has 0 saturated carbocycles. The summed E-state index contributed by atoms with van der Waals surface area (Å²) in [6, 6.07) is 7.95. The Balaban J connectivity index is 2.13. The van der Waals surface area contributed by atoms with E-state index in [1.807, 2.05) is 41.3 Å². The maximum atomic E-state index is 9.29.